The Labute approximate surface area is 123 Å². The van der Waals surface area contributed by atoms with Crippen LogP contribution in [0.1, 0.15) is 18.5 Å². The molecule has 1 aliphatic rings. The first-order chi connectivity index (χ1) is 9.17. The highest BCUT2D eigenvalue weighted by molar-refractivity contribution is 9.10. The van der Waals surface area contributed by atoms with Gasteiger partial charge in [0.15, 0.2) is 0 Å². The van der Waals surface area contributed by atoms with E-state index in [2.05, 4.69) is 45.2 Å². The zero-order valence-corrected chi connectivity index (χ0v) is 13.3. The van der Waals surface area contributed by atoms with Gasteiger partial charge >= 0.3 is 0 Å². The number of halogens is 1. The van der Waals surface area contributed by atoms with Crippen LogP contribution in [0.15, 0.2) is 16.6 Å². The first-order valence-corrected chi connectivity index (χ1v) is 7.33. The van der Waals surface area contributed by atoms with Crippen molar-refractivity contribution in [2.24, 2.45) is 0 Å². The number of benzene rings is 1. The molecule has 0 radical (unpaired) electrons. The quantitative estimate of drug-likeness (QED) is 0.920. The molecule has 0 unspecified atom stereocenters. The lowest BCUT2D eigenvalue weighted by Gasteiger charge is -2.33. The van der Waals surface area contributed by atoms with E-state index in [0.29, 0.717) is 6.04 Å². The van der Waals surface area contributed by atoms with Crippen LogP contribution in [0.25, 0.3) is 0 Å². The molecule has 1 atom stereocenters. The Balaban J connectivity index is 2.27. The monoisotopic (exact) mass is 328 g/mol. The van der Waals surface area contributed by atoms with E-state index in [9.17, 15) is 0 Å². The maximum Gasteiger partial charge on any atom is 0.137 e. The highest BCUT2D eigenvalue weighted by Crippen LogP contribution is 2.38. The predicted molar refractivity (Wildman–Crippen MR) is 80.1 cm³/mol. The molecule has 106 valence electrons. The van der Waals surface area contributed by atoms with Crippen LogP contribution in [-0.2, 0) is 0 Å². The van der Waals surface area contributed by atoms with Crippen molar-refractivity contribution in [3.63, 3.8) is 0 Å². The van der Waals surface area contributed by atoms with Gasteiger partial charge in [-0.2, -0.15) is 0 Å². The van der Waals surface area contributed by atoms with E-state index in [4.69, 9.17) is 9.47 Å². The Morgan fingerprint density at radius 3 is 2.16 bits per heavy atom. The van der Waals surface area contributed by atoms with Gasteiger partial charge < -0.3 is 14.8 Å². The van der Waals surface area contributed by atoms with E-state index in [1.165, 1.54) is 5.56 Å². The predicted octanol–water partition coefficient (Wildman–Crippen LogP) is 2.43. The molecule has 1 fully saturated rings. The molecular formula is C14H21BrN2O2. The van der Waals surface area contributed by atoms with Gasteiger partial charge in [0.25, 0.3) is 0 Å². The first-order valence-electron chi connectivity index (χ1n) is 6.53. The van der Waals surface area contributed by atoms with Crippen molar-refractivity contribution in [1.29, 1.82) is 0 Å². The van der Waals surface area contributed by atoms with Gasteiger partial charge in [-0.05, 0) is 40.5 Å². The number of rotatable bonds is 4. The Hall–Kier alpha value is -0.780. The van der Waals surface area contributed by atoms with Crippen molar-refractivity contribution >= 4 is 15.9 Å². The van der Waals surface area contributed by atoms with Crippen LogP contribution in [0.3, 0.4) is 0 Å². The van der Waals surface area contributed by atoms with Gasteiger partial charge in [-0.15, -0.1) is 0 Å². The minimum atomic E-state index is 0.359. The molecule has 0 spiro atoms. The summed E-state index contributed by atoms with van der Waals surface area (Å²) in [6, 6.07) is 4.52. The number of hydrogen-bond acceptors (Lipinski definition) is 4. The average Bonchev–Trinajstić information content (AvgIpc) is 2.47. The molecule has 0 aliphatic carbocycles. The molecule has 4 nitrogen and oxygen atoms in total. The molecular weight excluding hydrogens is 308 g/mol. The van der Waals surface area contributed by atoms with Crippen molar-refractivity contribution in [3.05, 3.63) is 22.2 Å². The molecule has 1 aliphatic heterocycles. The van der Waals surface area contributed by atoms with Crippen molar-refractivity contribution in [3.8, 4) is 11.5 Å². The Morgan fingerprint density at radius 1 is 1.16 bits per heavy atom. The largest absolute Gasteiger partial charge is 0.495 e. The SMILES string of the molecule is COc1cc([C@@H](C)N2CCNCC2)cc(OC)c1Br. The third kappa shape index (κ3) is 3.22. The molecule has 1 N–H and O–H groups in total. The standard InChI is InChI=1S/C14H21BrN2O2/c1-10(17-6-4-16-5-7-17)11-8-12(18-2)14(15)13(9-11)19-3/h8-10,16H,4-7H2,1-3H3/t10-/m1/s1. The smallest absolute Gasteiger partial charge is 0.137 e. The summed E-state index contributed by atoms with van der Waals surface area (Å²) in [5.41, 5.74) is 1.22. The lowest BCUT2D eigenvalue weighted by molar-refractivity contribution is 0.185. The second kappa shape index (κ2) is 6.59. The van der Waals surface area contributed by atoms with Crippen molar-refractivity contribution in [2.45, 2.75) is 13.0 Å². The maximum absolute atomic E-state index is 5.41. The lowest BCUT2D eigenvalue weighted by atomic mass is 10.1. The summed E-state index contributed by atoms with van der Waals surface area (Å²) >= 11 is 3.51. The molecule has 1 saturated heterocycles. The van der Waals surface area contributed by atoms with Gasteiger partial charge in [0.05, 0.1) is 14.2 Å². The molecule has 0 bridgehead atoms. The third-order valence-corrected chi connectivity index (χ3v) is 4.43. The first kappa shape index (κ1) is 14.6. The van der Waals surface area contributed by atoms with Crippen molar-refractivity contribution in [2.75, 3.05) is 40.4 Å². The summed E-state index contributed by atoms with van der Waals surface area (Å²) in [6.45, 7) is 6.47. The van der Waals surface area contributed by atoms with E-state index < -0.39 is 0 Å². The maximum atomic E-state index is 5.41. The number of ether oxygens (including phenoxy) is 2. The highest BCUT2D eigenvalue weighted by atomic mass is 79.9. The molecule has 1 heterocycles. The summed E-state index contributed by atoms with van der Waals surface area (Å²) in [5.74, 6) is 1.63. The minimum Gasteiger partial charge on any atom is -0.495 e. The van der Waals surface area contributed by atoms with E-state index in [1.54, 1.807) is 14.2 Å². The zero-order chi connectivity index (χ0) is 13.8. The van der Waals surface area contributed by atoms with Gasteiger partial charge in [0.1, 0.15) is 16.0 Å². The molecule has 19 heavy (non-hydrogen) atoms. The van der Waals surface area contributed by atoms with Crippen LogP contribution in [0.4, 0.5) is 0 Å². The fourth-order valence-electron chi connectivity index (χ4n) is 2.41. The van der Waals surface area contributed by atoms with Gasteiger partial charge in [-0.25, -0.2) is 0 Å². The van der Waals surface area contributed by atoms with E-state index in [0.717, 1.165) is 42.2 Å². The number of piperazine rings is 1. The molecule has 1 aromatic rings. The summed E-state index contributed by atoms with van der Waals surface area (Å²) in [7, 11) is 3.36. The number of nitrogens with zero attached hydrogens (tertiary/aromatic N) is 1. The van der Waals surface area contributed by atoms with Crippen LogP contribution in [-0.4, -0.2) is 45.3 Å². The summed E-state index contributed by atoms with van der Waals surface area (Å²) < 4.78 is 11.7. The minimum absolute atomic E-state index is 0.359. The van der Waals surface area contributed by atoms with Gasteiger partial charge in [-0.3, -0.25) is 4.90 Å². The number of nitrogens with one attached hydrogen (secondary N) is 1. The van der Waals surface area contributed by atoms with Gasteiger partial charge in [0, 0.05) is 32.2 Å². The highest BCUT2D eigenvalue weighted by Gasteiger charge is 2.20. The third-order valence-electron chi connectivity index (χ3n) is 3.65. The second-order valence-corrected chi connectivity index (χ2v) is 5.49. The fraction of sp³-hybridized carbons (Fsp3) is 0.571. The van der Waals surface area contributed by atoms with E-state index in [1.807, 2.05) is 0 Å². The van der Waals surface area contributed by atoms with Crippen LogP contribution in [0.2, 0.25) is 0 Å². The molecule has 0 amide bonds. The average molecular weight is 329 g/mol. The molecule has 5 heteroatoms. The normalized spacial score (nSPS) is 18.1. The summed E-state index contributed by atoms with van der Waals surface area (Å²) in [5, 5.41) is 3.38. The topological polar surface area (TPSA) is 33.7 Å². The Kier molecular flexibility index (Phi) is 5.07. The van der Waals surface area contributed by atoms with Crippen LogP contribution >= 0.6 is 15.9 Å². The fourth-order valence-corrected chi connectivity index (χ4v) is 2.96. The molecule has 1 aromatic carbocycles. The zero-order valence-electron chi connectivity index (χ0n) is 11.7. The number of methoxy groups -OCH3 is 2. The lowest BCUT2D eigenvalue weighted by Crippen LogP contribution is -2.44. The Bertz CT molecular complexity index is 408. The number of hydrogen-bond donors (Lipinski definition) is 1. The second-order valence-electron chi connectivity index (χ2n) is 4.70. The van der Waals surface area contributed by atoms with Crippen LogP contribution in [0.5, 0.6) is 11.5 Å². The van der Waals surface area contributed by atoms with Crippen LogP contribution < -0.4 is 14.8 Å². The van der Waals surface area contributed by atoms with Crippen molar-refractivity contribution < 1.29 is 9.47 Å². The van der Waals surface area contributed by atoms with E-state index >= 15 is 0 Å². The summed E-state index contributed by atoms with van der Waals surface area (Å²) in [4.78, 5) is 2.47. The summed E-state index contributed by atoms with van der Waals surface area (Å²) in [6.07, 6.45) is 0. The molecule has 0 aromatic heterocycles. The van der Waals surface area contributed by atoms with Gasteiger partial charge in [-0.1, -0.05) is 0 Å². The van der Waals surface area contributed by atoms with E-state index in [-0.39, 0.29) is 0 Å². The Morgan fingerprint density at radius 2 is 1.68 bits per heavy atom. The van der Waals surface area contributed by atoms with Crippen LogP contribution in [0, 0.1) is 0 Å². The van der Waals surface area contributed by atoms with Gasteiger partial charge in [0.2, 0.25) is 0 Å². The van der Waals surface area contributed by atoms with Crippen molar-refractivity contribution in [1.82, 2.24) is 10.2 Å². The molecule has 2 rings (SSSR count). The molecule has 0 saturated carbocycles.